The van der Waals surface area contributed by atoms with E-state index in [2.05, 4.69) is 5.32 Å². The van der Waals surface area contributed by atoms with Crippen LogP contribution in [0.25, 0.3) is 0 Å². The van der Waals surface area contributed by atoms with Crippen molar-refractivity contribution in [3.8, 4) is 0 Å². The average Bonchev–Trinajstić information content (AvgIpc) is 2.53. The maximum Gasteiger partial charge on any atom is 0.311 e. The van der Waals surface area contributed by atoms with E-state index in [1.54, 1.807) is 0 Å². The number of carbonyl (C=O) groups excluding carboxylic acids is 2. The second-order valence-corrected chi connectivity index (χ2v) is 6.85. The molecule has 132 valence electrons. The number of aliphatic carboxylic acids is 1. The predicted octanol–water partition coefficient (Wildman–Crippen LogP) is 2.36. The number of amides is 1. The van der Waals surface area contributed by atoms with Gasteiger partial charge in [-0.1, -0.05) is 19.8 Å². The van der Waals surface area contributed by atoms with Crippen molar-refractivity contribution in [1.82, 2.24) is 5.32 Å². The third kappa shape index (κ3) is 5.84. The minimum atomic E-state index is -0.888. The standard InChI is InChI=1S/C17H29NO5/c1-4-17(2,3)16(22)23-11-7-10-18-14(19)12-8-5-6-9-13(12)15(20)21/h12-13H,4-11H2,1-3H3,(H,18,19)(H,20,21). The van der Waals surface area contributed by atoms with E-state index < -0.39 is 23.2 Å². The first-order valence-electron chi connectivity index (χ1n) is 8.47. The van der Waals surface area contributed by atoms with Gasteiger partial charge in [0.05, 0.1) is 23.9 Å². The third-order valence-electron chi connectivity index (χ3n) is 4.71. The molecule has 6 heteroatoms. The van der Waals surface area contributed by atoms with Crippen LogP contribution in [-0.4, -0.2) is 36.1 Å². The number of carboxylic acid groups (broad SMARTS) is 1. The maximum absolute atomic E-state index is 12.1. The summed E-state index contributed by atoms with van der Waals surface area (Å²) in [6.07, 6.45) is 4.19. The number of hydrogen-bond acceptors (Lipinski definition) is 4. The summed E-state index contributed by atoms with van der Waals surface area (Å²) in [5.41, 5.74) is -0.486. The minimum absolute atomic E-state index is 0.197. The van der Waals surface area contributed by atoms with Crippen LogP contribution in [0, 0.1) is 17.3 Å². The lowest BCUT2D eigenvalue weighted by Crippen LogP contribution is -2.40. The van der Waals surface area contributed by atoms with E-state index in [0.29, 0.717) is 32.2 Å². The Morgan fingerprint density at radius 2 is 1.78 bits per heavy atom. The molecule has 0 saturated heterocycles. The third-order valence-corrected chi connectivity index (χ3v) is 4.71. The van der Waals surface area contributed by atoms with Crippen LogP contribution >= 0.6 is 0 Å². The molecule has 1 fully saturated rings. The van der Waals surface area contributed by atoms with E-state index >= 15 is 0 Å². The Morgan fingerprint density at radius 1 is 1.17 bits per heavy atom. The fraction of sp³-hybridized carbons (Fsp3) is 0.824. The van der Waals surface area contributed by atoms with E-state index in [0.717, 1.165) is 12.8 Å². The molecule has 0 radical (unpaired) electrons. The predicted molar refractivity (Wildman–Crippen MR) is 85.7 cm³/mol. The zero-order valence-electron chi connectivity index (χ0n) is 14.4. The average molecular weight is 327 g/mol. The Morgan fingerprint density at radius 3 is 2.35 bits per heavy atom. The van der Waals surface area contributed by atoms with E-state index in [4.69, 9.17) is 4.74 Å². The zero-order chi connectivity index (χ0) is 17.5. The number of carboxylic acids is 1. The smallest absolute Gasteiger partial charge is 0.311 e. The molecular weight excluding hydrogens is 298 g/mol. The molecule has 2 atom stereocenters. The monoisotopic (exact) mass is 327 g/mol. The second-order valence-electron chi connectivity index (χ2n) is 6.85. The number of nitrogens with one attached hydrogen (secondary N) is 1. The first-order chi connectivity index (χ1) is 10.8. The fourth-order valence-corrected chi connectivity index (χ4v) is 2.66. The summed E-state index contributed by atoms with van der Waals surface area (Å²) in [4.78, 5) is 35.1. The highest BCUT2D eigenvalue weighted by molar-refractivity contribution is 5.84. The molecule has 0 spiro atoms. The van der Waals surface area contributed by atoms with Crippen LogP contribution in [0.1, 0.15) is 59.3 Å². The SMILES string of the molecule is CCC(C)(C)C(=O)OCCCNC(=O)C1CCCCC1C(=O)O. The van der Waals surface area contributed by atoms with Gasteiger partial charge in [-0.3, -0.25) is 14.4 Å². The number of rotatable bonds is 8. The Labute approximate surface area is 138 Å². The molecular formula is C17H29NO5. The van der Waals surface area contributed by atoms with E-state index in [9.17, 15) is 19.5 Å². The largest absolute Gasteiger partial charge is 0.481 e. The minimum Gasteiger partial charge on any atom is -0.481 e. The molecule has 1 rings (SSSR count). The molecule has 0 bridgehead atoms. The van der Waals surface area contributed by atoms with Gasteiger partial charge in [0.2, 0.25) is 5.91 Å². The van der Waals surface area contributed by atoms with Crippen molar-refractivity contribution in [2.45, 2.75) is 59.3 Å². The molecule has 0 aliphatic heterocycles. The van der Waals surface area contributed by atoms with E-state index in [1.165, 1.54) is 0 Å². The van der Waals surface area contributed by atoms with Crippen LogP contribution in [-0.2, 0) is 19.1 Å². The molecule has 2 unspecified atom stereocenters. The fourth-order valence-electron chi connectivity index (χ4n) is 2.66. The molecule has 23 heavy (non-hydrogen) atoms. The van der Waals surface area contributed by atoms with Gasteiger partial charge in [0.15, 0.2) is 0 Å². The van der Waals surface area contributed by atoms with Crippen LogP contribution in [0.15, 0.2) is 0 Å². The van der Waals surface area contributed by atoms with E-state index in [-0.39, 0.29) is 18.5 Å². The molecule has 0 aromatic carbocycles. The van der Waals surface area contributed by atoms with Crippen LogP contribution < -0.4 is 5.32 Å². The number of ether oxygens (including phenoxy) is 1. The van der Waals surface area contributed by atoms with Crippen molar-refractivity contribution in [2.24, 2.45) is 17.3 Å². The van der Waals surface area contributed by atoms with Crippen molar-refractivity contribution in [1.29, 1.82) is 0 Å². The number of hydrogen-bond donors (Lipinski definition) is 2. The molecule has 1 amide bonds. The highest BCUT2D eigenvalue weighted by atomic mass is 16.5. The van der Waals surface area contributed by atoms with Crippen molar-refractivity contribution >= 4 is 17.8 Å². The summed E-state index contributed by atoms with van der Waals surface area (Å²) in [6, 6.07) is 0. The summed E-state index contributed by atoms with van der Waals surface area (Å²) in [7, 11) is 0. The first-order valence-corrected chi connectivity index (χ1v) is 8.47. The van der Waals surface area contributed by atoms with Crippen molar-refractivity contribution in [2.75, 3.05) is 13.2 Å². The summed E-state index contributed by atoms with van der Waals surface area (Å²) in [5, 5.41) is 12.0. The molecule has 1 saturated carbocycles. The van der Waals surface area contributed by atoms with Gasteiger partial charge in [-0.2, -0.15) is 0 Å². The van der Waals surface area contributed by atoms with Gasteiger partial charge in [0.25, 0.3) is 0 Å². The molecule has 0 aromatic heterocycles. The second kappa shape index (κ2) is 8.89. The van der Waals surface area contributed by atoms with Crippen molar-refractivity contribution in [3.63, 3.8) is 0 Å². The summed E-state index contributed by atoms with van der Waals surface area (Å²) < 4.78 is 5.20. The molecule has 0 heterocycles. The van der Waals surface area contributed by atoms with Crippen LogP contribution in [0.4, 0.5) is 0 Å². The maximum atomic E-state index is 12.1. The molecule has 2 N–H and O–H groups in total. The zero-order valence-corrected chi connectivity index (χ0v) is 14.4. The van der Waals surface area contributed by atoms with Gasteiger partial charge in [-0.05, 0) is 39.5 Å². The van der Waals surface area contributed by atoms with E-state index in [1.807, 2.05) is 20.8 Å². The lowest BCUT2D eigenvalue weighted by atomic mass is 9.79. The summed E-state index contributed by atoms with van der Waals surface area (Å²) in [5.74, 6) is -2.34. The van der Waals surface area contributed by atoms with Gasteiger partial charge in [0, 0.05) is 6.54 Å². The van der Waals surface area contributed by atoms with Gasteiger partial charge in [-0.25, -0.2) is 0 Å². The normalized spacial score (nSPS) is 21.5. The van der Waals surface area contributed by atoms with Crippen molar-refractivity contribution < 1.29 is 24.2 Å². The lowest BCUT2D eigenvalue weighted by Gasteiger charge is -2.27. The molecule has 1 aliphatic rings. The van der Waals surface area contributed by atoms with Crippen LogP contribution in [0.5, 0.6) is 0 Å². The van der Waals surface area contributed by atoms with Crippen LogP contribution in [0.2, 0.25) is 0 Å². The highest BCUT2D eigenvalue weighted by Gasteiger charge is 2.35. The Balaban J connectivity index is 2.28. The van der Waals surface area contributed by atoms with Crippen molar-refractivity contribution in [3.05, 3.63) is 0 Å². The molecule has 0 aromatic rings. The molecule has 1 aliphatic carbocycles. The Kier molecular flexibility index (Phi) is 7.52. The van der Waals surface area contributed by atoms with Gasteiger partial charge < -0.3 is 15.2 Å². The number of carbonyl (C=O) groups is 3. The summed E-state index contributed by atoms with van der Waals surface area (Å²) >= 11 is 0. The van der Waals surface area contributed by atoms with Gasteiger partial charge in [0.1, 0.15) is 0 Å². The number of esters is 1. The quantitative estimate of drug-likeness (QED) is 0.527. The highest BCUT2D eigenvalue weighted by Crippen LogP contribution is 2.30. The lowest BCUT2D eigenvalue weighted by molar-refractivity contribution is -0.154. The first kappa shape index (κ1) is 19.5. The molecule has 6 nitrogen and oxygen atoms in total. The Hall–Kier alpha value is -1.59. The van der Waals surface area contributed by atoms with Crippen LogP contribution in [0.3, 0.4) is 0 Å². The summed E-state index contributed by atoms with van der Waals surface area (Å²) in [6.45, 7) is 6.26. The topological polar surface area (TPSA) is 92.7 Å². The van der Waals surface area contributed by atoms with Gasteiger partial charge in [-0.15, -0.1) is 0 Å². The van der Waals surface area contributed by atoms with Gasteiger partial charge >= 0.3 is 11.9 Å². The Bertz CT molecular complexity index is 433.